The van der Waals surface area contributed by atoms with Crippen LogP contribution in [0.5, 0.6) is 5.75 Å². The van der Waals surface area contributed by atoms with E-state index in [0.717, 1.165) is 35.9 Å². The van der Waals surface area contributed by atoms with Crippen molar-refractivity contribution in [2.75, 3.05) is 12.4 Å². The number of amides is 1. The Balaban J connectivity index is 0.000000858. The largest absolute Gasteiger partial charge is 0.494 e. The third-order valence-electron chi connectivity index (χ3n) is 5.22. The number of ether oxygens (including phenoxy) is 1. The number of nitrogens with zero attached hydrogens (tertiary/aromatic N) is 2. The predicted molar refractivity (Wildman–Crippen MR) is 119 cm³/mol. The zero-order valence-electron chi connectivity index (χ0n) is 18.3. The number of methoxy groups -OCH3 is 1. The number of halogens is 2. The molecule has 1 saturated carbocycles. The van der Waals surface area contributed by atoms with Crippen molar-refractivity contribution in [3.63, 3.8) is 0 Å². The van der Waals surface area contributed by atoms with Gasteiger partial charge < -0.3 is 10.1 Å². The first-order valence-corrected chi connectivity index (χ1v) is 10.8. The number of nitrogens with one attached hydrogen (secondary N) is 1. The van der Waals surface area contributed by atoms with Crippen LogP contribution in [0.2, 0.25) is 0 Å². The van der Waals surface area contributed by atoms with E-state index in [1.54, 1.807) is 12.1 Å². The molecule has 31 heavy (non-hydrogen) atoms. The zero-order chi connectivity index (χ0) is 22.4. The molecule has 4 rings (SSSR count). The lowest BCUT2D eigenvalue weighted by Gasteiger charge is -2.21. The Bertz CT molecular complexity index is 1040. The molecule has 0 bridgehead atoms. The first-order chi connectivity index (χ1) is 15.0. The summed E-state index contributed by atoms with van der Waals surface area (Å²) < 4.78 is 33.9. The standard InChI is InChI=1S/C21H21F2N3O2.C3H8/c1-28-20-11-18-14(12-26(25-18)15-5-3-2-4-6-15)10-19(20)24-21(27)13-7-8-16(22)17(23)9-13;1-3-2/h7-12,15H,2-6H2,1H3,(H,24,27);3H2,1-2H3. The van der Waals surface area contributed by atoms with Crippen LogP contribution in [-0.2, 0) is 0 Å². The van der Waals surface area contributed by atoms with Gasteiger partial charge in [-0.2, -0.15) is 5.10 Å². The highest BCUT2D eigenvalue weighted by molar-refractivity contribution is 6.06. The van der Waals surface area contributed by atoms with Gasteiger partial charge in [0.15, 0.2) is 11.6 Å². The van der Waals surface area contributed by atoms with Crippen LogP contribution in [0.3, 0.4) is 0 Å². The lowest BCUT2D eigenvalue weighted by Crippen LogP contribution is -2.13. The summed E-state index contributed by atoms with van der Waals surface area (Å²) >= 11 is 0. The summed E-state index contributed by atoms with van der Waals surface area (Å²) in [5, 5.41) is 8.27. The molecular formula is C24H29F2N3O2. The Morgan fingerprint density at radius 3 is 2.48 bits per heavy atom. The second-order valence-electron chi connectivity index (χ2n) is 7.80. The maximum absolute atomic E-state index is 13.4. The first-order valence-electron chi connectivity index (χ1n) is 10.8. The summed E-state index contributed by atoms with van der Waals surface area (Å²) in [6.07, 6.45) is 9.15. The van der Waals surface area contributed by atoms with E-state index in [9.17, 15) is 13.6 Å². The van der Waals surface area contributed by atoms with Crippen LogP contribution < -0.4 is 10.1 Å². The molecule has 0 radical (unpaired) electrons. The van der Waals surface area contributed by atoms with Gasteiger partial charge in [0.05, 0.1) is 24.4 Å². The molecule has 1 aliphatic carbocycles. The number of anilines is 1. The average Bonchev–Trinajstić information content (AvgIpc) is 3.19. The number of hydrogen-bond acceptors (Lipinski definition) is 3. The van der Waals surface area contributed by atoms with E-state index in [1.807, 2.05) is 10.9 Å². The van der Waals surface area contributed by atoms with Crippen molar-refractivity contribution >= 4 is 22.5 Å². The fourth-order valence-corrected chi connectivity index (χ4v) is 3.70. The molecule has 1 N–H and O–H groups in total. The molecule has 1 aliphatic rings. The molecule has 5 nitrogen and oxygen atoms in total. The summed E-state index contributed by atoms with van der Waals surface area (Å²) in [5.74, 6) is -2.15. The number of hydrogen-bond donors (Lipinski definition) is 1. The van der Waals surface area contributed by atoms with Gasteiger partial charge >= 0.3 is 0 Å². The maximum Gasteiger partial charge on any atom is 0.255 e. The monoisotopic (exact) mass is 429 g/mol. The van der Waals surface area contributed by atoms with E-state index in [4.69, 9.17) is 4.74 Å². The molecule has 1 aromatic heterocycles. The van der Waals surface area contributed by atoms with Gasteiger partial charge in [0, 0.05) is 23.2 Å². The van der Waals surface area contributed by atoms with Crippen molar-refractivity contribution in [2.24, 2.45) is 0 Å². The van der Waals surface area contributed by atoms with E-state index in [2.05, 4.69) is 24.3 Å². The molecule has 0 saturated heterocycles. The topological polar surface area (TPSA) is 56.1 Å². The normalized spacial score (nSPS) is 14.1. The molecular weight excluding hydrogens is 400 g/mol. The Labute approximate surface area is 181 Å². The fourth-order valence-electron chi connectivity index (χ4n) is 3.70. The summed E-state index contributed by atoms with van der Waals surface area (Å²) in [6.45, 7) is 4.25. The minimum Gasteiger partial charge on any atom is -0.494 e. The van der Waals surface area contributed by atoms with Gasteiger partial charge in [-0.25, -0.2) is 8.78 Å². The summed E-state index contributed by atoms with van der Waals surface area (Å²) in [7, 11) is 1.51. The molecule has 1 fully saturated rings. The van der Waals surface area contributed by atoms with Gasteiger partial charge in [-0.1, -0.05) is 39.5 Å². The van der Waals surface area contributed by atoms with Crippen LogP contribution >= 0.6 is 0 Å². The number of aromatic nitrogens is 2. The maximum atomic E-state index is 13.4. The van der Waals surface area contributed by atoms with Gasteiger partial charge in [0.1, 0.15) is 5.75 Å². The van der Waals surface area contributed by atoms with Crippen molar-refractivity contribution in [1.29, 1.82) is 0 Å². The van der Waals surface area contributed by atoms with E-state index in [0.29, 0.717) is 17.5 Å². The lowest BCUT2D eigenvalue weighted by atomic mass is 9.96. The van der Waals surface area contributed by atoms with Crippen LogP contribution in [0, 0.1) is 11.6 Å². The molecule has 166 valence electrons. The highest BCUT2D eigenvalue weighted by Crippen LogP contribution is 2.33. The van der Waals surface area contributed by atoms with Crippen molar-refractivity contribution < 1.29 is 18.3 Å². The second kappa shape index (κ2) is 10.4. The van der Waals surface area contributed by atoms with Crippen molar-refractivity contribution in [3.05, 3.63) is 53.7 Å². The highest BCUT2D eigenvalue weighted by Gasteiger charge is 2.18. The van der Waals surface area contributed by atoms with Gasteiger partial charge in [0.25, 0.3) is 5.91 Å². The SMILES string of the molecule is CCC.COc1cc2nn(C3CCCCC3)cc2cc1NC(=O)c1ccc(F)c(F)c1. The summed E-state index contributed by atoms with van der Waals surface area (Å²) in [6, 6.07) is 7.00. The van der Waals surface area contributed by atoms with Crippen molar-refractivity contribution in [1.82, 2.24) is 9.78 Å². The van der Waals surface area contributed by atoms with E-state index < -0.39 is 17.5 Å². The molecule has 2 aromatic carbocycles. The summed E-state index contributed by atoms with van der Waals surface area (Å²) in [5.41, 5.74) is 1.26. The van der Waals surface area contributed by atoms with Gasteiger partial charge in [-0.3, -0.25) is 9.48 Å². The Morgan fingerprint density at radius 1 is 1.13 bits per heavy atom. The minimum atomic E-state index is -1.07. The average molecular weight is 430 g/mol. The van der Waals surface area contributed by atoms with Gasteiger partial charge in [-0.05, 0) is 37.1 Å². The minimum absolute atomic E-state index is 0.0268. The van der Waals surface area contributed by atoms with E-state index in [1.165, 1.54) is 38.9 Å². The Morgan fingerprint density at radius 2 is 1.84 bits per heavy atom. The number of benzene rings is 2. The highest BCUT2D eigenvalue weighted by atomic mass is 19.2. The number of rotatable bonds is 4. The zero-order valence-corrected chi connectivity index (χ0v) is 18.3. The van der Waals surface area contributed by atoms with Crippen LogP contribution in [0.1, 0.15) is 68.8 Å². The summed E-state index contributed by atoms with van der Waals surface area (Å²) in [4.78, 5) is 12.5. The number of carbonyl (C=O) groups excluding carboxylic acids is 1. The Hall–Kier alpha value is -2.96. The molecule has 0 spiro atoms. The number of carbonyl (C=O) groups is 1. The third kappa shape index (κ3) is 5.40. The molecule has 1 heterocycles. The number of fused-ring (bicyclic) bond motifs is 1. The van der Waals surface area contributed by atoms with Crippen LogP contribution in [0.4, 0.5) is 14.5 Å². The third-order valence-corrected chi connectivity index (χ3v) is 5.22. The molecule has 1 amide bonds. The van der Waals surface area contributed by atoms with Crippen molar-refractivity contribution in [2.45, 2.75) is 58.4 Å². The van der Waals surface area contributed by atoms with Gasteiger partial charge in [0.2, 0.25) is 0 Å². The molecule has 0 unspecified atom stereocenters. The molecule has 0 aliphatic heterocycles. The van der Waals surface area contributed by atoms with E-state index in [-0.39, 0.29) is 5.56 Å². The van der Waals surface area contributed by atoms with Crippen LogP contribution in [0.15, 0.2) is 36.5 Å². The molecule has 3 aromatic rings. The predicted octanol–water partition coefficient (Wildman–Crippen LogP) is 6.50. The van der Waals surface area contributed by atoms with Gasteiger partial charge in [-0.15, -0.1) is 0 Å². The van der Waals surface area contributed by atoms with Crippen LogP contribution in [0.25, 0.3) is 10.9 Å². The van der Waals surface area contributed by atoms with Crippen LogP contribution in [-0.4, -0.2) is 22.8 Å². The first kappa shape index (κ1) is 22.7. The molecule has 0 atom stereocenters. The quantitative estimate of drug-likeness (QED) is 0.515. The lowest BCUT2D eigenvalue weighted by molar-refractivity contribution is 0.102. The smallest absolute Gasteiger partial charge is 0.255 e. The fraction of sp³-hybridized carbons (Fsp3) is 0.417. The molecule has 7 heteroatoms. The van der Waals surface area contributed by atoms with E-state index >= 15 is 0 Å². The Kier molecular flexibility index (Phi) is 7.60. The second-order valence-corrected chi connectivity index (χ2v) is 7.80. The van der Waals surface area contributed by atoms with Crippen molar-refractivity contribution in [3.8, 4) is 5.75 Å².